The van der Waals surface area contributed by atoms with E-state index in [2.05, 4.69) is 10.1 Å². The molecule has 0 aliphatic rings. The molecule has 5 rings (SSSR count). The fraction of sp³-hybridized carbons (Fsp3) is 0.0833. The summed E-state index contributed by atoms with van der Waals surface area (Å²) >= 11 is 7.73. The Hall–Kier alpha value is -3.42. The van der Waals surface area contributed by atoms with Crippen molar-refractivity contribution in [2.24, 2.45) is 0 Å². The topological polar surface area (TPSA) is 73.8 Å². The highest BCUT2D eigenvalue weighted by Gasteiger charge is 2.15. The lowest BCUT2D eigenvalue weighted by Gasteiger charge is -2.13. The van der Waals surface area contributed by atoms with Crippen LogP contribution in [0.25, 0.3) is 22.3 Å². The third-order valence-electron chi connectivity index (χ3n) is 4.94. The van der Waals surface area contributed by atoms with Gasteiger partial charge in [-0.25, -0.2) is 4.98 Å². The summed E-state index contributed by atoms with van der Waals surface area (Å²) in [7, 11) is 0. The van der Waals surface area contributed by atoms with E-state index in [0.717, 1.165) is 11.1 Å². The molecule has 0 bridgehead atoms. The Balaban J connectivity index is 1.48. The summed E-state index contributed by atoms with van der Waals surface area (Å²) < 4.78 is 7.06. The van der Waals surface area contributed by atoms with E-state index in [9.17, 15) is 4.79 Å². The minimum atomic E-state index is -0.117. The van der Waals surface area contributed by atoms with Gasteiger partial charge in [0.25, 0.3) is 5.56 Å². The van der Waals surface area contributed by atoms with Crippen LogP contribution >= 0.6 is 23.4 Å². The molecule has 0 N–H and O–H groups in total. The number of hydrogen-bond acceptors (Lipinski definition) is 6. The fourth-order valence-electron chi connectivity index (χ4n) is 3.34. The highest BCUT2D eigenvalue weighted by molar-refractivity contribution is 7.98. The number of aromatic nitrogens is 4. The third-order valence-corrected chi connectivity index (χ3v) is 6.27. The molecule has 0 saturated carbocycles. The molecule has 0 aliphatic heterocycles. The molecular formula is C24H17ClN4O2S. The molecule has 0 unspecified atom stereocenters. The minimum Gasteiger partial charge on any atom is -0.338 e. The first kappa shape index (κ1) is 20.5. The Kier molecular flexibility index (Phi) is 5.75. The van der Waals surface area contributed by atoms with Gasteiger partial charge in [-0.05, 0) is 23.8 Å². The average molecular weight is 461 g/mol. The van der Waals surface area contributed by atoms with Crippen LogP contribution in [-0.2, 0) is 12.3 Å². The number of fused-ring (bicyclic) bond motifs is 1. The quantitative estimate of drug-likeness (QED) is 0.248. The second-order valence-corrected chi connectivity index (χ2v) is 8.41. The standard InChI is InChI=1S/C24H17ClN4O2S/c25-19-12-6-4-10-17(19)14-29-23(30)18-11-5-7-13-20(18)26-24(29)32-15-21-27-22(28-31-21)16-8-2-1-3-9-16/h1-13H,14-15H2. The van der Waals surface area contributed by atoms with Crippen LogP contribution in [0.2, 0.25) is 5.02 Å². The van der Waals surface area contributed by atoms with Gasteiger partial charge in [-0.3, -0.25) is 9.36 Å². The van der Waals surface area contributed by atoms with E-state index < -0.39 is 0 Å². The van der Waals surface area contributed by atoms with Crippen molar-refractivity contribution in [3.63, 3.8) is 0 Å². The van der Waals surface area contributed by atoms with Gasteiger partial charge in [0.1, 0.15) is 0 Å². The lowest BCUT2D eigenvalue weighted by atomic mass is 10.2. The number of benzene rings is 3. The predicted octanol–water partition coefficient (Wildman–Crippen LogP) is 5.44. The summed E-state index contributed by atoms with van der Waals surface area (Å²) in [5, 5.41) is 5.79. The molecule has 0 radical (unpaired) electrons. The molecule has 5 aromatic rings. The van der Waals surface area contributed by atoms with Crippen LogP contribution < -0.4 is 5.56 Å². The summed E-state index contributed by atoms with van der Waals surface area (Å²) in [5.74, 6) is 1.37. The number of para-hydroxylation sites is 1. The van der Waals surface area contributed by atoms with Gasteiger partial charge >= 0.3 is 0 Å². The van der Waals surface area contributed by atoms with Crippen LogP contribution in [0, 0.1) is 0 Å². The molecule has 6 nitrogen and oxygen atoms in total. The van der Waals surface area contributed by atoms with E-state index in [4.69, 9.17) is 21.1 Å². The van der Waals surface area contributed by atoms with Crippen LogP contribution in [0.4, 0.5) is 0 Å². The van der Waals surface area contributed by atoms with Crippen molar-refractivity contribution in [3.05, 3.63) is 106 Å². The van der Waals surface area contributed by atoms with E-state index in [-0.39, 0.29) is 5.56 Å². The minimum absolute atomic E-state index is 0.117. The molecule has 0 atom stereocenters. The van der Waals surface area contributed by atoms with Gasteiger partial charge in [0.2, 0.25) is 11.7 Å². The molecule has 0 amide bonds. The van der Waals surface area contributed by atoms with Crippen molar-refractivity contribution in [2.45, 2.75) is 17.5 Å². The van der Waals surface area contributed by atoms with Gasteiger partial charge in [-0.15, -0.1) is 0 Å². The lowest BCUT2D eigenvalue weighted by molar-refractivity contribution is 0.391. The Morgan fingerprint density at radius 2 is 1.66 bits per heavy atom. The SMILES string of the molecule is O=c1c2ccccc2nc(SCc2nc(-c3ccccc3)no2)n1Cc1ccccc1Cl. The molecule has 8 heteroatoms. The van der Waals surface area contributed by atoms with Crippen LogP contribution in [0.1, 0.15) is 11.5 Å². The Morgan fingerprint density at radius 3 is 2.50 bits per heavy atom. The summed E-state index contributed by atoms with van der Waals surface area (Å²) in [4.78, 5) is 22.5. The second kappa shape index (κ2) is 8.98. The highest BCUT2D eigenvalue weighted by atomic mass is 35.5. The van der Waals surface area contributed by atoms with Crippen molar-refractivity contribution >= 4 is 34.3 Å². The highest BCUT2D eigenvalue weighted by Crippen LogP contribution is 2.25. The Bertz CT molecular complexity index is 1450. The van der Waals surface area contributed by atoms with Crippen molar-refractivity contribution in [3.8, 4) is 11.4 Å². The molecular weight excluding hydrogens is 444 g/mol. The number of nitrogens with zero attached hydrogens (tertiary/aromatic N) is 4. The largest absolute Gasteiger partial charge is 0.338 e. The zero-order valence-corrected chi connectivity index (χ0v) is 18.4. The molecule has 0 fully saturated rings. The molecule has 2 aromatic heterocycles. The average Bonchev–Trinajstić information content (AvgIpc) is 3.31. The van der Waals surface area contributed by atoms with E-state index in [0.29, 0.717) is 45.1 Å². The van der Waals surface area contributed by atoms with Gasteiger partial charge < -0.3 is 4.52 Å². The van der Waals surface area contributed by atoms with E-state index >= 15 is 0 Å². The lowest BCUT2D eigenvalue weighted by Crippen LogP contribution is -2.24. The number of rotatable bonds is 6. The predicted molar refractivity (Wildman–Crippen MR) is 126 cm³/mol. The maximum Gasteiger partial charge on any atom is 0.262 e. The number of halogens is 1. The summed E-state index contributed by atoms with van der Waals surface area (Å²) in [6, 6.07) is 24.4. The van der Waals surface area contributed by atoms with E-state index in [1.54, 1.807) is 10.6 Å². The Labute approximate surface area is 192 Å². The van der Waals surface area contributed by atoms with Crippen LogP contribution in [0.5, 0.6) is 0 Å². The molecule has 0 aliphatic carbocycles. The molecule has 3 aromatic carbocycles. The van der Waals surface area contributed by atoms with Crippen LogP contribution in [0.3, 0.4) is 0 Å². The fourth-order valence-corrected chi connectivity index (χ4v) is 4.37. The first-order valence-electron chi connectivity index (χ1n) is 9.93. The zero-order chi connectivity index (χ0) is 21.9. The number of thioether (sulfide) groups is 1. The van der Waals surface area contributed by atoms with Crippen LogP contribution in [0.15, 0.2) is 93.3 Å². The van der Waals surface area contributed by atoms with Gasteiger partial charge in [-0.1, -0.05) is 89.2 Å². The van der Waals surface area contributed by atoms with Crippen molar-refractivity contribution in [1.29, 1.82) is 0 Å². The van der Waals surface area contributed by atoms with Crippen molar-refractivity contribution in [1.82, 2.24) is 19.7 Å². The first-order chi connectivity index (χ1) is 15.7. The van der Waals surface area contributed by atoms with E-state index in [1.165, 1.54) is 11.8 Å². The summed E-state index contributed by atoms with van der Waals surface area (Å²) in [6.07, 6.45) is 0. The maximum atomic E-state index is 13.3. The molecule has 2 heterocycles. The van der Waals surface area contributed by atoms with Gasteiger partial charge in [-0.2, -0.15) is 4.98 Å². The van der Waals surface area contributed by atoms with Crippen LogP contribution in [-0.4, -0.2) is 19.7 Å². The monoisotopic (exact) mass is 460 g/mol. The smallest absolute Gasteiger partial charge is 0.262 e. The molecule has 0 spiro atoms. The van der Waals surface area contributed by atoms with Gasteiger partial charge in [0.05, 0.1) is 23.2 Å². The van der Waals surface area contributed by atoms with Crippen molar-refractivity contribution < 1.29 is 4.52 Å². The maximum absolute atomic E-state index is 13.3. The number of hydrogen-bond donors (Lipinski definition) is 0. The second-order valence-electron chi connectivity index (χ2n) is 7.06. The molecule has 158 valence electrons. The molecule has 32 heavy (non-hydrogen) atoms. The van der Waals surface area contributed by atoms with Gasteiger partial charge in [0.15, 0.2) is 5.16 Å². The first-order valence-corrected chi connectivity index (χ1v) is 11.3. The third kappa shape index (κ3) is 4.17. The Morgan fingerprint density at radius 1 is 0.906 bits per heavy atom. The molecule has 0 saturated heterocycles. The zero-order valence-electron chi connectivity index (χ0n) is 16.8. The summed E-state index contributed by atoms with van der Waals surface area (Å²) in [5.41, 5.74) is 2.26. The summed E-state index contributed by atoms with van der Waals surface area (Å²) in [6.45, 7) is 0.317. The normalized spacial score (nSPS) is 11.2. The van der Waals surface area contributed by atoms with Crippen molar-refractivity contribution in [2.75, 3.05) is 0 Å². The van der Waals surface area contributed by atoms with Gasteiger partial charge in [0, 0.05) is 10.6 Å². The van der Waals surface area contributed by atoms with E-state index in [1.807, 2.05) is 72.8 Å².